The summed E-state index contributed by atoms with van der Waals surface area (Å²) in [5, 5.41) is 5.46. The maximum Gasteiger partial charge on any atom is 0.0701 e. The zero-order valence-corrected chi connectivity index (χ0v) is 12.9. The van der Waals surface area contributed by atoms with E-state index in [-0.39, 0.29) is 0 Å². The smallest absolute Gasteiger partial charge is 0.0701 e. The molecule has 0 atom stereocenters. The third-order valence-electron chi connectivity index (χ3n) is 2.43. The van der Waals surface area contributed by atoms with Crippen LogP contribution in [0, 0.1) is 5.41 Å². The maximum absolute atomic E-state index is 3.50. The number of thiophene rings is 1. The molecule has 0 spiro atoms. The van der Waals surface area contributed by atoms with Crippen molar-refractivity contribution in [1.82, 2.24) is 10.2 Å². The molecule has 0 radical (unpaired) electrons. The Balaban J connectivity index is 2.44. The molecule has 0 aliphatic rings. The molecule has 1 heterocycles. The first-order valence-corrected chi connectivity index (χ1v) is 7.16. The van der Waals surface area contributed by atoms with Crippen molar-refractivity contribution in [2.24, 2.45) is 5.41 Å². The molecule has 0 fully saturated rings. The quantitative estimate of drug-likeness (QED) is 0.868. The molecule has 2 nitrogen and oxygen atoms in total. The number of rotatable bonds is 6. The molecule has 16 heavy (non-hydrogen) atoms. The summed E-state index contributed by atoms with van der Waals surface area (Å²) in [6.07, 6.45) is 0. The van der Waals surface area contributed by atoms with Gasteiger partial charge in [-0.1, -0.05) is 13.8 Å². The summed E-state index contributed by atoms with van der Waals surface area (Å²) in [6.45, 7) is 7.76. The molecule has 0 aliphatic carbocycles. The largest absolute Gasteiger partial charge is 0.319 e. The van der Waals surface area contributed by atoms with E-state index in [0.29, 0.717) is 5.41 Å². The highest BCUT2D eigenvalue weighted by Gasteiger charge is 2.19. The van der Waals surface area contributed by atoms with Gasteiger partial charge in [-0.2, -0.15) is 0 Å². The molecule has 1 rings (SSSR count). The van der Waals surface area contributed by atoms with Crippen molar-refractivity contribution in [3.8, 4) is 0 Å². The van der Waals surface area contributed by atoms with Crippen molar-refractivity contribution in [2.45, 2.75) is 20.4 Å². The van der Waals surface area contributed by atoms with Crippen LogP contribution in [0.4, 0.5) is 0 Å². The minimum absolute atomic E-state index is 0.316. The number of hydrogen-bond acceptors (Lipinski definition) is 3. The lowest BCUT2D eigenvalue weighted by Gasteiger charge is -2.30. The molecule has 0 amide bonds. The second-order valence-electron chi connectivity index (χ2n) is 5.13. The van der Waals surface area contributed by atoms with Crippen molar-refractivity contribution < 1.29 is 0 Å². The Labute approximate surface area is 111 Å². The van der Waals surface area contributed by atoms with Crippen molar-refractivity contribution in [2.75, 3.05) is 27.2 Å². The Kier molecular flexibility index (Phi) is 5.44. The Hall–Kier alpha value is 0.100. The highest BCUT2D eigenvalue weighted by Crippen LogP contribution is 2.22. The number of nitrogens with zero attached hydrogens (tertiary/aromatic N) is 1. The molecule has 0 saturated carbocycles. The van der Waals surface area contributed by atoms with Crippen LogP contribution in [0.3, 0.4) is 0 Å². The van der Waals surface area contributed by atoms with E-state index in [0.717, 1.165) is 19.6 Å². The van der Waals surface area contributed by atoms with E-state index in [2.05, 4.69) is 58.5 Å². The topological polar surface area (TPSA) is 15.3 Å². The van der Waals surface area contributed by atoms with Gasteiger partial charge in [-0.05, 0) is 52.5 Å². The average Bonchev–Trinajstić information content (AvgIpc) is 2.49. The molecule has 0 saturated heterocycles. The van der Waals surface area contributed by atoms with Crippen molar-refractivity contribution in [1.29, 1.82) is 0 Å². The van der Waals surface area contributed by atoms with Gasteiger partial charge in [0.05, 0.1) is 3.79 Å². The van der Waals surface area contributed by atoms with Gasteiger partial charge in [-0.3, -0.25) is 0 Å². The van der Waals surface area contributed by atoms with Gasteiger partial charge in [0.1, 0.15) is 0 Å². The predicted molar refractivity (Wildman–Crippen MR) is 76.1 cm³/mol. The third-order valence-corrected chi connectivity index (χ3v) is 3.98. The summed E-state index contributed by atoms with van der Waals surface area (Å²) in [4.78, 5) is 2.38. The summed E-state index contributed by atoms with van der Waals surface area (Å²) in [5.74, 6) is 0. The lowest BCUT2D eigenvalue weighted by atomic mass is 9.93. The van der Waals surface area contributed by atoms with Crippen LogP contribution in [-0.2, 0) is 6.54 Å². The van der Waals surface area contributed by atoms with Crippen LogP contribution in [0.5, 0.6) is 0 Å². The summed E-state index contributed by atoms with van der Waals surface area (Å²) in [5.41, 5.74) is 1.70. The van der Waals surface area contributed by atoms with Gasteiger partial charge in [-0.15, -0.1) is 11.3 Å². The summed E-state index contributed by atoms with van der Waals surface area (Å²) in [6, 6.07) is 2.20. The molecule has 1 aromatic rings. The molecule has 1 N–H and O–H groups in total. The maximum atomic E-state index is 3.50. The van der Waals surface area contributed by atoms with Crippen LogP contribution < -0.4 is 5.32 Å². The molecule has 4 heteroatoms. The standard InChI is InChI=1S/C12H21BrN2S/c1-12(2,8-14-3)9-15(4)6-10-5-11(13)16-7-10/h5,7,14H,6,8-9H2,1-4H3. The first-order valence-electron chi connectivity index (χ1n) is 5.49. The number of nitrogens with one attached hydrogen (secondary N) is 1. The molecule has 0 aliphatic heterocycles. The first kappa shape index (κ1) is 14.2. The third kappa shape index (κ3) is 4.95. The fourth-order valence-electron chi connectivity index (χ4n) is 2.06. The Morgan fingerprint density at radius 3 is 2.69 bits per heavy atom. The summed E-state index contributed by atoms with van der Waals surface area (Å²) < 4.78 is 1.21. The molecule has 0 unspecified atom stereocenters. The van der Waals surface area contributed by atoms with E-state index in [1.54, 1.807) is 11.3 Å². The van der Waals surface area contributed by atoms with Gasteiger partial charge in [0, 0.05) is 19.6 Å². The lowest BCUT2D eigenvalue weighted by Crippen LogP contribution is -2.37. The van der Waals surface area contributed by atoms with E-state index in [1.165, 1.54) is 9.35 Å². The fourth-order valence-corrected chi connectivity index (χ4v) is 3.26. The van der Waals surface area contributed by atoms with E-state index in [9.17, 15) is 0 Å². The van der Waals surface area contributed by atoms with Crippen molar-refractivity contribution in [3.05, 3.63) is 20.8 Å². The molecule has 0 aromatic carbocycles. The van der Waals surface area contributed by atoms with Crippen LogP contribution >= 0.6 is 27.3 Å². The van der Waals surface area contributed by atoms with E-state index < -0.39 is 0 Å². The highest BCUT2D eigenvalue weighted by atomic mass is 79.9. The van der Waals surface area contributed by atoms with Crippen molar-refractivity contribution in [3.63, 3.8) is 0 Å². The van der Waals surface area contributed by atoms with Gasteiger partial charge < -0.3 is 10.2 Å². The summed E-state index contributed by atoms with van der Waals surface area (Å²) >= 11 is 5.25. The molecular weight excluding hydrogens is 284 g/mol. The Bertz CT molecular complexity index is 323. The molecule has 1 aromatic heterocycles. The van der Waals surface area contributed by atoms with Crippen LogP contribution in [0.2, 0.25) is 0 Å². The van der Waals surface area contributed by atoms with Gasteiger partial charge >= 0.3 is 0 Å². The van der Waals surface area contributed by atoms with Gasteiger partial charge in [-0.25, -0.2) is 0 Å². The number of halogens is 1. The molecular formula is C12H21BrN2S. The van der Waals surface area contributed by atoms with Crippen LogP contribution in [-0.4, -0.2) is 32.1 Å². The Morgan fingerprint density at radius 1 is 1.50 bits per heavy atom. The predicted octanol–water partition coefficient (Wildman–Crippen LogP) is 3.19. The minimum atomic E-state index is 0.316. The molecule has 92 valence electrons. The van der Waals surface area contributed by atoms with Crippen LogP contribution in [0.25, 0.3) is 0 Å². The second kappa shape index (κ2) is 6.15. The van der Waals surface area contributed by atoms with E-state index in [1.807, 2.05) is 7.05 Å². The molecule has 0 bridgehead atoms. The van der Waals surface area contributed by atoms with Gasteiger partial charge in [0.2, 0.25) is 0 Å². The monoisotopic (exact) mass is 304 g/mol. The first-order chi connectivity index (χ1) is 7.43. The van der Waals surface area contributed by atoms with Gasteiger partial charge in [0.15, 0.2) is 0 Å². The average molecular weight is 305 g/mol. The zero-order chi connectivity index (χ0) is 12.2. The summed E-state index contributed by atoms with van der Waals surface area (Å²) in [7, 11) is 4.20. The number of hydrogen-bond donors (Lipinski definition) is 1. The van der Waals surface area contributed by atoms with E-state index >= 15 is 0 Å². The second-order valence-corrected chi connectivity index (χ2v) is 7.42. The minimum Gasteiger partial charge on any atom is -0.319 e. The van der Waals surface area contributed by atoms with E-state index in [4.69, 9.17) is 0 Å². The zero-order valence-electron chi connectivity index (χ0n) is 10.5. The Morgan fingerprint density at radius 2 is 2.19 bits per heavy atom. The lowest BCUT2D eigenvalue weighted by molar-refractivity contribution is 0.201. The highest BCUT2D eigenvalue weighted by molar-refractivity contribution is 9.11. The SMILES string of the molecule is CNCC(C)(C)CN(C)Cc1csc(Br)c1. The van der Waals surface area contributed by atoms with Crippen LogP contribution in [0.1, 0.15) is 19.4 Å². The van der Waals surface area contributed by atoms with Gasteiger partial charge in [0.25, 0.3) is 0 Å². The fraction of sp³-hybridized carbons (Fsp3) is 0.667. The van der Waals surface area contributed by atoms with Crippen molar-refractivity contribution >= 4 is 27.3 Å². The van der Waals surface area contributed by atoms with Crippen LogP contribution in [0.15, 0.2) is 15.2 Å². The normalized spacial score (nSPS) is 12.4.